The van der Waals surface area contributed by atoms with E-state index in [1.54, 1.807) is 36.9 Å². The van der Waals surface area contributed by atoms with Gasteiger partial charge in [0.2, 0.25) is 0 Å². The topological polar surface area (TPSA) is 55.6 Å². The van der Waals surface area contributed by atoms with E-state index in [9.17, 15) is 4.79 Å². The molecule has 2 N–H and O–H groups in total. The molecule has 0 atom stereocenters. The second-order valence-corrected chi connectivity index (χ2v) is 5.19. The van der Waals surface area contributed by atoms with Gasteiger partial charge in [0.15, 0.2) is 5.60 Å². The minimum Gasteiger partial charge on any atom is -0.476 e. The van der Waals surface area contributed by atoms with Crippen LogP contribution in [0.4, 0.5) is 11.4 Å². The summed E-state index contributed by atoms with van der Waals surface area (Å²) < 4.78 is 5.72. The molecule has 0 fully saturated rings. The Labute approximate surface area is 107 Å². The van der Waals surface area contributed by atoms with E-state index >= 15 is 0 Å². The van der Waals surface area contributed by atoms with Crippen LogP contribution in [0.3, 0.4) is 0 Å². The Balaban J connectivity index is 2.52. The number of hydrogen-bond donors (Lipinski definition) is 1. The molecule has 96 valence electrons. The summed E-state index contributed by atoms with van der Waals surface area (Å²) in [7, 11) is 0. The van der Waals surface area contributed by atoms with E-state index in [-0.39, 0.29) is 5.91 Å². The Hall–Kier alpha value is -1.97. The van der Waals surface area contributed by atoms with Crippen LogP contribution in [0.5, 0.6) is 5.75 Å². The summed E-state index contributed by atoms with van der Waals surface area (Å²) in [6.45, 7) is 9.76. The standard InChI is InChI=1S/C14H18N2O2/c1-9(2)8-16-11-6-5-10(15)7-12(11)18-14(3,4)13(16)17/h5-7H,1,8,15H2,2-4H3. The van der Waals surface area contributed by atoms with E-state index in [1.807, 2.05) is 6.92 Å². The lowest BCUT2D eigenvalue weighted by Crippen LogP contribution is -2.52. The molecule has 1 heterocycles. The maximum Gasteiger partial charge on any atom is 0.270 e. The average molecular weight is 246 g/mol. The minimum atomic E-state index is -0.879. The van der Waals surface area contributed by atoms with Crippen molar-refractivity contribution >= 4 is 17.3 Å². The predicted octanol–water partition coefficient (Wildman–Crippen LogP) is 2.35. The van der Waals surface area contributed by atoms with Gasteiger partial charge in [-0.3, -0.25) is 4.79 Å². The highest BCUT2D eigenvalue weighted by molar-refractivity contribution is 6.02. The number of benzene rings is 1. The maximum absolute atomic E-state index is 12.4. The van der Waals surface area contributed by atoms with Crippen molar-refractivity contribution in [1.82, 2.24) is 0 Å². The molecule has 0 saturated carbocycles. The number of carbonyl (C=O) groups excluding carboxylic acids is 1. The van der Waals surface area contributed by atoms with E-state index in [0.717, 1.165) is 11.3 Å². The van der Waals surface area contributed by atoms with Crippen LogP contribution in [0.25, 0.3) is 0 Å². The molecular formula is C14H18N2O2. The third-order valence-electron chi connectivity index (χ3n) is 2.83. The first-order valence-corrected chi connectivity index (χ1v) is 5.86. The van der Waals surface area contributed by atoms with Gasteiger partial charge in [-0.2, -0.15) is 0 Å². The zero-order valence-electron chi connectivity index (χ0n) is 11.0. The van der Waals surface area contributed by atoms with E-state index in [2.05, 4.69) is 6.58 Å². The molecule has 2 rings (SSSR count). The molecule has 0 spiro atoms. The third-order valence-corrected chi connectivity index (χ3v) is 2.83. The van der Waals surface area contributed by atoms with E-state index in [0.29, 0.717) is 18.0 Å². The summed E-state index contributed by atoms with van der Waals surface area (Å²) in [6, 6.07) is 5.31. The van der Waals surface area contributed by atoms with Gasteiger partial charge in [-0.15, -0.1) is 0 Å². The van der Waals surface area contributed by atoms with E-state index < -0.39 is 5.60 Å². The lowest BCUT2D eigenvalue weighted by molar-refractivity contribution is -0.132. The second kappa shape index (κ2) is 4.05. The Morgan fingerprint density at radius 3 is 2.78 bits per heavy atom. The van der Waals surface area contributed by atoms with Crippen molar-refractivity contribution in [1.29, 1.82) is 0 Å². The highest BCUT2D eigenvalue weighted by Gasteiger charge is 2.40. The van der Waals surface area contributed by atoms with Gasteiger partial charge in [0.05, 0.1) is 5.69 Å². The lowest BCUT2D eigenvalue weighted by Gasteiger charge is -2.39. The molecule has 0 aromatic heterocycles. The maximum atomic E-state index is 12.4. The summed E-state index contributed by atoms with van der Waals surface area (Å²) >= 11 is 0. The molecule has 0 radical (unpaired) electrons. The predicted molar refractivity (Wildman–Crippen MR) is 72.7 cm³/mol. The number of ether oxygens (including phenoxy) is 1. The molecule has 4 heteroatoms. The first-order valence-electron chi connectivity index (χ1n) is 5.86. The smallest absolute Gasteiger partial charge is 0.270 e. The normalized spacial score (nSPS) is 17.1. The number of nitrogens with zero attached hydrogens (tertiary/aromatic N) is 1. The Morgan fingerprint density at radius 2 is 2.17 bits per heavy atom. The molecule has 1 aliphatic rings. The van der Waals surface area contributed by atoms with E-state index in [1.165, 1.54) is 0 Å². The van der Waals surface area contributed by atoms with Crippen molar-refractivity contribution in [2.45, 2.75) is 26.4 Å². The zero-order chi connectivity index (χ0) is 13.5. The zero-order valence-corrected chi connectivity index (χ0v) is 11.0. The molecule has 0 aliphatic carbocycles. The van der Waals surface area contributed by atoms with Crippen LogP contribution in [0.1, 0.15) is 20.8 Å². The molecule has 1 aromatic carbocycles. The number of nitrogen functional groups attached to an aromatic ring is 1. The van der Waals surface area contributed by atoms with Crippen molar-refractivity contribution in [3.63, 3.8) is 0 Å². The SMILES string of the molecule is C=C(C)CN1C(=O)C(C)(C)Oc2cc(N)ccc21. The van der Waals surface area contributed by atoms with Gasteiger partial charge >= 0.3 is 0 Å². The number of rotatable bonds is 2. The van der Waals surface area contributed by atoms with Crippen LogP contribution < -0.4 is 15.4 Å². The molecule has 0 bridgehead atoms. The van der Waals surface area contributed by atoms with Gasteiger partial charge in [0, 0.05) is 18.3 Å². The molecular weight excluding hydrogens is 228 g/mol. The Morgan fingerprint density at radius 1 is 1.50 bits per heavy atom. The highest BCUT2D eigenvalue weighted by atomic mass is 16.5. The Kier molecular flexibility index (Phi) is 2.81. The quantitative estimate of drug-likeness (QED) is 0.643. The van der Waals surface area contributed by atoms with E-state index in [4.69, 9.17) is 10.5 Å². The van der Waals surface area contributed by atoms with Gasteiger partial charge in [0.25, 0.3) is 5.91 Å². The second-order valence-electron chi connectivity index (χ2n) is 5.19. The first-order chi connectivity index (χ1) is 8.31. The number of amides is 1. The fourth-order valence-corrected chi connectivity index (χ4v) is 2.02. The van der Waals surface area contributed by atoms with Gasteiger partial charge in [0.1, 0.15) is 5.75 Å². The molecule has 0 saturated heterocycles. The van der Waals surface area contributed by atoms with Gasteiger partial charge in [-0.25, -0.2) is 0 Å². The average Bonchev–Trinajstić information content (AvgIpc) is 2.23. The fraction of sp³-hybridized carbons (Fsp3) is 0.357. The number of carbonyl (C=O) groups is 1. The largest absolute Gasteiger partial charge is 0.476 e. The number of nitrogens with two attached hydrogens (primary N) is 1. The summed E-state index contributed by atoms with van der Waals surface area (Å²) in [5.74, 6) is 0.573. The van der Waals surface area contributed by atoms with Crippen LogP contribution in [0.2, 0.25) is 0 Å². The van der Waals surface area contributed by atoms with Crippen molar-refractivity contribution in [3.8, 4) is 5.75 Å². The minimum absolute atomic E-state index is 0.0669. The Bertz CT molecular complexity index is 521. The summed E-state index contributed by atoms with van der Waals surface area (Å²) in [5, 5.41) is 0. The number of anilines is 2. The lowest BCUT2D eigenvalue weighted by atomic mass is 10.0. The number of hydrogen-bond acceptors (Lipinski definition) is 3. The molecule has 4 nitrogen and oxygen atoms in total. The van der Waals surface area contributed by atoms with Crippen LogP contribution in [-0.2, 0) is 4.79 Å². The molecule has 18 heavy (non-hydrogen) atoms. The number of fused-ring (bicyclic) bond motifs is 1. The first kappa shape index (κ1) is 12.5. The molecule has 0 unspecified atom stereocenters. The summed E-state index contributed by atoms with van der Waals surface area (Å²) in [4.78, 5) is 14.1. The van der Waals surface area contributed by atoms with Crippen LogP contribution in [0, 0.1) is 0 Å². The van der Waals surface area contributed by atoms with Crippen molar-refractivity contribution in [2.24, 2.45) is 0 Å². The summed E-state index contributed by atoms with van der Waals surface area (Å²) in [5.41, 5.74) is 7.16. The van der Waals surface area contributed by atoms with Crippen LogP contribution in [-0.4, -0.2) is 18.1 Å². The van der Waals surface area contributed by atoms with Crippen LogP contribution >= 0.6 is 0 Å². The molecule has 1 amide bonds. The van der Waals surface area contributed by atoms with Crippen molar-refractivity contribution < 1.29 is 9.53 Å². The van der Waals surface area contributed by atoms with Gasteiger partial charge in [-0.05, 0) is 32.9 Å². The molecule has 1 aliphatic heterocycles. The third kappa shape index (κ3) is 2.06. The van der Waals surface area contributed by atoms with Crippen molar-refractivity contribution in [3.05, 3.63) is 30.4 Å². The van der Waals surface area contributed by atoms with Gasteiger partial charge < -0.3 is 15.4 Å². The summed E-state index contributed by atoms with van der Waals surface area (Å²) in [6.07, 6.45) is 0. The van der Waals surface area contributed by atoms with Gasteiger partial charge in [-0.1, -0.05) is 12.2 Å². The monoisotopic (exact) mass is 246 g/mol. The van der Waals surface area contributed by atoms with Crippen LogP contribution in [0.15, 0.2) is 30.4 Å². The highest BCUT2D eigenvalue weighted by Crippen LogP contribution is 2.39. The van der Waals surface area contributed by atoms with Crippen molar-refractivity contribution in [2.75, 3.05) is 17.2 Å². The fourth-order valence-electron chi connectivity index (χ4n) is 2.02. The molecule has 1 aromatic rings.